The van der Waals surface area contributed by atoms with E-state index in [4.69, 9.17) is 4.74 Å². The quantitative estimate of drug-likeness (QED) is 0.573. The summed E-state index contributed by atoms with van der Waals surface area (Å²) >= 11 is 0. The number of methoxy groups -OCH3 is 1. The Labute approximate surface area is 121 Å². The second-order valence-electron chi connectivity index (χ2n) is 4.94. The first-order valence-corrected chi connectivity index (χ1v) is 6.02. The fraction of sp³-hybridized carbons (Fsp3) is 0.833. The molecule has 0 aromatic carbocycles. The molecule has 0 heterocycles. The van der Waals surface area contributed by atoms with Gasteiger partial charge < -0.3 is 20.1 Å². The average Bonchev–Trinajstić information content (AvgIpc) is 2.26. The van der Waals surface area contributed by atoms with Crippen molar-refractivity contribution in [1.82, 2.24) is 10.6 Å². The first-order valence-electron chi connectivity index (χ1n) is 6.02. The van der Waals surface area contributed by atoms with Gasteiger partial charge in [-0.3, -0.25) is 4.79 Å². The number of esters is 1. The van der Waals surface area contributed by atoms with Gasteiger partial charge in [0.15, 0.2) is 0 Å². The molecule has 0 saturated heterocycles. The average molecular weight is 297 g/mol. The molecule has 2 N–H and O–H groups in total. The van der Waals surface area contributed by atoms with Crippen LogP contribution in [0.1, 0.15) is 33.6 Å². The van der Waals surface area contributed by atoms with E-state index in [1.807, 2.05) is 0 Å². The number of rotatable bonds is 6. The molecule has 0 spiro atoms. The Morgan fingerprint density at radius 2 is 1.84 bits per heavy atom. The van der Waals surface area contributed by atoms with E-state index in [1.54, 1.807) is 27.8 Å². The van der Waals surface area contributed by atoms with E-state index >= 15 is 0 Å². The van der Waals surface area contributed by atoms with Gasteiger partial charge in [0.25, 0.3) is 0 Å². The Hall–Kier alpha value is -1.01. The van der Waals surface area contributed by atoms with E-state index < -0.39 is 11.7 Å². The Morgan fingerprint density at radius 3 is 2.26 bits per heavy atom. The number of amides is 1. The lowest BCUT2D eigenvalue weighted by Crippen LogP contribution is -2.37. The number of halogens is 1. The second-order valence-corrected chi connectivity index (χ2v) is 4.94. The van der Waals surface area contributed by atoms with Crippen molar-refractivity contribution in [2.75, 3.05) is 20.7 Å². The predicted molar refractivity (Wildman–Crippen MR) is 75.6 cm³/mol. The monoisotopic (exact) mass is 296 g/mol. The number of nitrogens with one attached hydrogen (secondary N) is 2. The van der Waals surface area contributed by atoms with Crippen LogP contribution in [-0.4, -0.2) is 44.4 Å². The van der Waals surface area contributed by atoms with Gasteiger partial charge in [0.1, 0.15) is 11.6 Å². The van der Waals surface area contributed by atoms with Crippen LogP contribution in [0.15, 0.2) is 0 Å². The van der Waals surface area contributed by atoms with Crippen molar-refractivity contribution in [3.05, 3.63) is 0 Å². The van der Waals surface area contributed by atoms with Crippen LogP contribution in [0.5, 0.6) is 0 Å². The van der Waals surface area contributed by atoms with Gasteiger partial charge in [0.05, 0.1) is 7.11 Å². The first kappa shape index (κ1) is 20.3. The van der Waals surface area contributed by atoms with Crippen LogP contribution in [0.25, 0.3) is 0 Å². The van der Waals surface area contributed by atoms with E-state index in [0.29, 0.717) is 19.4 Å². The van der Waals surface area contributed by atoms with Crippen LogP contribution >= 0.6 is 12.4 Å². The minimum absolute atomic E-state index is 0. The van der Waals surface area contributed by atoms with E-state index in [0.717, 1.165) is 0 Å². The smallest absolute Gasteiger partial charge is 0.407 e. The number of ether oxygens (including phenoxy) is 2. The summed E-state index contributed by atoms with van der Waals surface area (Å²) in [6.07, 6.45) is 0.820. The third-order valence-corrected chi connectivity index (χ3v) is 2.17. The second kappa shape index (κ2) is 9.86. The van der Waals surface area contributed by atoms with Crippen LogP contribution in [0.3, 0.4) is 0 Å². The zero-order valence-corrected chi connectivity index (χ0v) is 13.1. The molecule has 19 heavy (non-hydrogen) atoms. The van der Waals surface area contributed by atoms with Gasteiger partial charge in [-0.1, -0.05) is 0 Å². The van der Waals surface area contributed by atoms with E-state index in [2.05, 4.69) is 15.4 Å². The Kier molecular flexibility index (Phi) is 10.5. The number of alkyl carbamates (subject to hydrolysis) is 1. The van der Waals surface area contributed by atoms with Gasteiger partial charge in [0, 0.05) is 6.54 Å². The zero-order valence-electron chi connectivity index (χ0n) is 12.2. The summed E-state index contributed by atoms with van der Waals surface area (Å²) in [6.45, 7) is 5.88. The third kappa shape index (κ3) is 10.6. The summed E-state index contributed by atoms with van der Waals surface area (Å²) in [5.74, 6) is -0.297. The molecule has 0 bridgehead atoms. The lowest BCUT2D eigenvalue weighted by atomic mass is 10.1. The Bertz CT molecular complexity index is 279. The summed E-state index contributed by atoms with van der Waals surface area (Å²) in [6, 6.07) is -0.338. The molecule has 0 aliphatic carbocycles. The highest BCUT2D eigenvalue weighted by molar-refractivity contribution is 5.85. The lowest BCUT2D eigenvalue weighted by Gasteiger charge is -2.20. The van der Waals surface area contributed by atoms with Crippen molar-refractivity contribution >= 4 is 24.5 Å². The van der Waals surface area contributed by atoms with Gasteiger partial charge in [-0.05, 0) is 40.7 Å². The fourth-order valence-electron chi connectivity index (χ4n) is 1.33. The highest BCUT2D eigenvalue weighted by Crippen LogP contribution is 2.06. The van der Waals surface area contributed by atoms with Crippen LogP contribution in [-0.2, 0) is 14.3 Å². The number of likely N-dealkylation sites (N-methyl/N-ethyl adjacent to an activating group) is 1. The lowest BCUT2D eigenvalue weighted by molar-refractivity contribution is -0.143. The molecular formula is C12H25ClN2O4. The molecule has 7 heteroatoms. The van der Waals surface area contributed by atoms with Crippen molar-refractivity contribution in [3.8, 4) is 0 Å². The standard InChI is InChI=1S/C12H24N2O4.ClH/c1-12(2,3)18-11(16)14-8-6-7-9(13-4)10(15)17-5;/h9,13H,6-8H2,1-5H3,(H,14,16);1H/t9-;/m0./s1. The molecule has 114 valence electrons. The molecule has 0 saturated carbocycles. The molecule has 0 rings (SSSR count). The highest BCUT2D eigenvalue weighted by Gasteiger charge is 2.17. The Morgan fingerprint density at radius 1 is 1.26 bits per heavy atom. The highest BCUT2D eigenvalue weighted by atomic mass is 35.5. The number of carbonyl (C=O) groups excluding carboxylic acids is 2. The summed E-state index contributed by atoms with van der Waals surface area (Å²) in [7, 11) is 3.05. The minimum Gasteiger partial charge on any atom is -0.468 e. The van der Waals surface area contributed by atoms with Crippen molar-refractivity contribution in [3.63, 3.8) is 0 Å². The summed E-state index contributed by atoms with van der Waals surface area (Å²) < 4.78 is 9.72. The van der Waals surface area contributed by atoms with E-state index in [1.165, 1.54) is 7.11 Å². The molecule has 0 radical (unpaired) electrons. The number of hydrogen-bond acceptors (Lipinski definition) is 5. The van der Waals surface area contributed by atoms with Gasteiger partial charge in [-0.2, -0.15) is 0 Å². The fourth-order valence-corrected chi connectivity index (χ4v) is 1.33. The van der Waals surface area contributed by atoms with Crippen molar-refractivity contribution in [1.29, 1.82) is 0 Å². The topological polar surface area (TPSA) is 76.7 Å². The third-order valence-electron chi connectivity index (χ3n) is 2.17. The van der Waals surface area contributed by atoms with E-state index in [-0.39, 0.29) is 24.4 Å². The van der Waals surface area contributed by atoms with Crippen LogP contribution in [0.4, 0.5) is 4.79 Å². The molecule has 0 fully saturated rings. The van der Waals surface area contributed by atoms with Crippen molar-refractivity contribution < 1.29 is 19.1 Å². The van der Waals surface area contributed by atoms with Crippen molar-refractivity contribution in [2.45, 2.75) is 45.3 Å². The maximum absolute atomic E-state index is 11.3. The summed E-state index contributed by atoms with van der Waals surface area (Å²) in [5.41, 5.74) is -0.496. The van der Waals surface area contributed by atoms with Gasteiger partial charge in [-0.15, -0.1) is 12.4 Å². The molecule has 1 atom stereocenters. The first-order chi connectivity index (χ1) is 8.30. The molecule has 0 aliphatic heterocycles. The van der Waals surface area contributed by atoms with Gasteiger partial charge >= 0.3 is 12.1 Å². The van der Waals surface area contributed by atoms with Crippen LogP contribution in [0, 0.1) is 0 Å². The molecule has 0 aromatic heterocycles. The van der Waals surface area contributed by atoms with Crippen LogP contribution in [0.2, 0.25) is 0 Å². The molecule has 6 nitrogen and oxygen atoms in total. The predicted octanol–water partition coefficient (Wildman–Crippen LogP) is 1.47. The summed E-state index contributed by atoms with van der Waals surface area (Å²) in [5, 5.41) is 5.50. The SMILES string of the molecule is CN[C@@H](CCCNC(=O)OC(C)(C)C)C(=O)OC.Cl. The molecule has 0 unspecified atom stereocenters. The van der Waals surface area contributed by atoms with Crippen molar-refractivity contribution in [2.24, 2.45) is 0 Å². The molecule has 0 aliphatic rings. The Balaban J connectivity index is 0. The maximum Gasteiger partial charge on any atom is 0.407 e. The molecular weight excluding hydrogens is 272 g/mol. The zero-order chi connectivity index (χ0) is 14.2. The van der Waals surface area contributed by atoms with Gasteiger partial charge in [0.2, 0.25) is 0 Å². The van der Waals surface area contributed by atoms with Crippen LogP contribution < -0.4 is 10.6 Å². The minimum atomic E-state index is -0.496. The number of hydrogen-bond donors (Lipinski definition) is 2. The largest absolute Gasteiger partial charge is 0.468 e. The molecule has 1 amide bonds. The maximum atomic E-state index is 11.3. The molecule has 0 aromatic rings. The van der Waals surface area contributed by atoms with E-state index in [9.17, 15) is 9.59 Å². The number of carbonyl (C=O) groups is 2. The van der Waals surface area contributed by atoms with Gasteiger partial charge in [-0.25, -0.2) is 4.79 Å². The summed E-state index contributed by atoms with van der Waals surface area (Å²) in [4.78, 5) is 22.6. The normalized spacial score (nSPS) is 12.1.